The predicted octanol–water partition coefficient (Wildman–Crippen LogP) is 4.06. The van der Waals surface area contributed by atoms with Gasteiger partial charge in [0.05, 0.1) is 6.61 Å². The molecule has 0 spiro atoms. The van der Waals surface area contributed by atoms with Gasteiger partial charge >= 0.3 is 5.97 Å². The van der Waals surface area contributed by atoms with E-state index in [1.807, 2.05) is 25.6 Å². The number of nitrogens with zero attached hydrogens (tertiary/aromatic N) is 1. The molecular weight excluding hydrogens is 266 g/mol. The molecule has 1 rings (SSSR count). The van der Waals surface area contributed by atoms with Gasteiger partial charge in [0.1, 0.15) is 4.34 Å². The molecule has 0 N–H and O–H groups in total. The minimum atomic E-state index is -0.0647. The summed E-state index contributed by atoms with van der Waals surface area (Å²) in [7, 11) is 0. The van der Waals surface area contributed by atoms with Crippen molar-refractivity contribution in [3.8, 4) is 0 Å². The number of thioether (sulfide) groups is 1. The molecule has 5 heteroatoms. The molecule has 0 aliphatic carbocycles. The SMILES string of the molecule is CCOC(=O)CCCCCCSc1nc(C)cs1. The van der Waals surface area contributed by atoms with Gasteiger partial charge in [-0.25, -0.2) is 4.98 Å². The van der Waals surface area contributed by atoms with E-state index in [0.29, 0.717) is 13.0 Å². The van der Waals surface area contributed by atoms with E-state index >= 15 is 0 Å². The molecule has 0 atom stereocenters. The highest BCUT2D eigenvalue weighted by molar-refractivity contribution is 8.00. The molecule has 0 fully saturated rings. The second-order valence-corrected chi connectivity index (χ2v) is 6.27. The second-order valence-electron chi connectivity index (χ2n) is 4.07. The van der Waals surface area contributed by atoms with E-state index < -0.39 is 0 Å². The number of hydrogen-bond acceptors (Lipinski definition) is 5. The monoisotopic (exact) mass is 287 g/mol. The van der Waals surface area contributed by atoms with Crippen molar-refractivity contribution in [1.82, 2.24) is 4.98 Å². The van der Waals surface area contributed by atoms with Crippen LogP contribution in [-0.2, 0) is 9.53 Å². The average Bonchev–Trinajstić information content (AvgIpc) is 2.74. The summed E-state index contributed by atoms with van der Waals surface area (Å²) in [5.41, 5.74) is 1.11. The number of rotatable bonds is 9. The van der Waals surface area contributed by atoms with Crippen molar-refractivity contribution < 1.29 is 9.53 Å². The van der Waals surface area contributed by atoms with E-state index in [0.717, 1.165) is 24.3 Å². The van der Waals surface area contributed by atoms with Crippen LogP contribution in [0.15, 0.2) is 9.72 Å². The Morgan fingerprint density at radius 3 is 2.83 bits per heavy atom. The number of aryl methyl sites for hydroxylation is 1. The van der Waals surface area contributed by atoms with Crippen molar-refractivity contribution >= 4 is 29.1 Å². The standard InChI is InChI=1S/C13H21NO2S2/c1-3-16-12(15)8-6-4-5-7-9-17-13-14-11(2)10-18-13/h10H,3-9H2,1-2H3. The highest BCUT2D eigenvalue weighted by Crippen LogP contribution is 2.23. The Hall–Kier alpha value is -0.550. The fourth-order valence-electron chi connectivity index (χ4n) is 1.52. The molecule has 1 heterocycles. The predicted molar refractivity (Wildman–Crippen MR) is 77.3 cm³/mol. The van der Waals surface area contributed by atoms with Gasteiger partial charge in [0, 0.05) is 23.2 Å². The average molecular weight is 287 g/mol. The quantitative estimate of drug-likeness (QED) is 0.390. The highest BCUT2D eigenvalue weighted by Gasteiger charge is 2.01. The van der Waals surface area contributed by atoms with Gasteiger partial charge in [-0.05, 0) is 26.7 Å². The van der Waals surface area contributed by atoms with Gasteiger partial charge in [-0.3, -0.25) is 4.79 Å². The molecule has 1 aromatic heterocycles. The topological polar surface area (TPSA) is 39.2 Å². The maximum atomic E-state index is 11.1. The van der Waals surface area contributed by atoms with E-state index in [1.54, 1.807) is 11.3 Å². The van der Waals surface area contributed by atoms with Crippen molar-refractivity contribution in [2.24, 2.45) is 0 Å². The van der Waals surface area contributed by atoms with Gasteiger partial charge in [0.2, 0.25) is 0 Å². The van der Waals surface area contributed by atoms with Crippen LogP contribution in [0, 0.1) is 6.92 Å². The fraction of sp³-hybridized carbons (Fsp3) is 0.692. The van der Waals surface area contributed by atoms with E-state index in [1.165, 1.54) is 17.2 Å². The van der Waals surface area contributed by atoms with Crippen LogP contribution in [0.5, 0.6) is 0 Å². The molecule has 0 saturated carbocycles. The normalized spacial score (nSPS) is 10.6. The first-order valence-corrected chi connectivity index (χ1v) is 8.29. The molecule has 18 heavy (non-hydrogen) atoms. The summed E-state index contributed by atoms with van der Waals surface area (Å²) < 4.78 is 6.05. The summed E-state index contributed by atoms with van der Waals surface area (Å²) in [5.74, 6) is 1.05. The Bertz CT molecular complexity index is 353. The Kier molecular flexibility index (Phi) is 8.09. The van der Waals surface area contributed by atoms with Crippen molar-refractivity contribution in [2.45, 2.75) is 50.3 Å². The van der Waals surface area contributed by atoms with E-state index in [2.05, 4.69) is 10.4 Å². The lowest BCUT2D eigenvalue weighted by Crippen LogP contribution is -2.03. The van der Waals surface area contributed by atoms with Crippen LogP contribution >= 0.6 is 23.1 Å². The molecule has 0 radical (unpaired) electrons. The Labute approximate surface area is 117 Å². The Morgan fingerprint density at radius 1 is 1.39 bits per heavy atom. The number of carbonyl (C=O) groups excluding carboxylic acids is 1. The number of unbranched alkanes of at least 4 members (excludes halogenated alkanes) is 3. The zero-order valence-electron chi connectivity index (χ0n) is 11.1. The zero-order chi connectivity index (χ0) is 13.2. The molecule has 1 aromatic rings. The molecule has 0 aliphatic heterocycles. The first-order valence-electron chi connectivity index (χ1n) is 6.43. The maximum absolute atomic E-state index is 11.1. The molecule has 0 saturated heterocycles. The van der Waals surface area contributed by atoms with E-state index in [-0.39, 0.29) is 5.97 Å². The van der Waals surface area contributed by atoms with Crippen LogP contribution in [0.1, 0.15) is 44.7 Å². The summed E-state index contributed by atoms with van der Waals surface area (Å²) in [5, 5.41) is 2.08. The van der Waals surface area contributed by atoms with Gasteiger partial charge in [-0.2, -0.15) is 0 Å². The molecule has 0 amide bonds. The number of hydrogen-bond donors (Lipinski definition) is 0. The lowest BCUT2D eigenvalue weighted by molar-refractivity contribution is -0.143. The summed E-state index contributed by atoms with van der Waals surface area (Å²) in [6, 6.07) is 0. The second kappa shape index (κ2) is 9.39. The summed E-state index contributed by atoms with van der Waals surface area (Å²) in [6.07, 6.45) is 4.98. The van der Waals surface area contributed by atoms with E-state index in [4.69, 9.17) is 4.74 Å². The van der Waals surface area contributed by atoms with Gasteiger partial charge in [-0.1, -0.05) is 24.6 Å². The van der Waals surface area contributed by atoms with Gasteiger partial charge < -0.3 is 4.74 Å². The van der Waals surface area contributed by atoms with E-state index in [9.17, 15) is 4.79 Å². The van der Waals surface area contributed by atoms with Gasteiger partial charge in [-0.15, -0.1) is 11.3 Å². The van der Waals surface area contributed by atoms with Crippen molar-refractivity contribution in [2.75, 3.05) is 12.4 Å². The number of carbonyl (C=O) groups is 1. The Balaban J connectivity index is 1.91. The minimum Gasteiger partial charge on any atom is -0.466 e. The minimum absolute atomic E-state index is 0.0647. The summed E-state index contributed by atoms with van der Waals surface area (Å²) in [6.45, 7) is 4.36. The molecule has 0 aromatic carbocycles. The summed E-state index contributed by atoms with van der Waals surface area (Å²) in [4.78, 5) is 15.5. The van der Waals surface area contributed by atoms with Crippen LogP contribution in [-0.4, -0.2) is 23.3 Å². The smallest absolute Gasteiger partial charge is 0.305 e. The first-order chi connectivity index (χ1) is 8.72. The maximum Gasteiger partial charge on any atom is 0.305 e. The van der Waals surface area contributed by atoms with Crippen LogP contribution < -0.4 is 0 Å². The van der Waals surface area contributed by atoms with Crippen LogP contribution in [0.4, 0.5) is 0 Å². The van der Waals surface area contributed by atoms with Crippen molar-refractivity contribution in [3.63, 3.8) is 0 Å². The van der Waals surface area contributed by atoms with Crippen LogP contribution in [0.2, 0.25) is 0 Å². The lowest BCUT2D eigenvalue weighted by Gasteiger charge is -2.01. The lowest BCUT2D eigenvalue weighted by atomic mass is 10.1. The Morgan fingerprint density at radius 2 is 2.17 bits per heavy atom. The third kappa shape index (κ3) is 7.01. The number of aromatic nitrogens is 1. The van der Waals surface area contributed by atoms with Gasteiger partial charge in [0.15, 0.2) is 0 Å². The molecule has 102 valence electrons. The van der Waals surface area contributed by atoms with Crippen molar-refractivity contribution in [1.29, 1.82) is 0 Å². The number of esters is 1. The largest absolute Gasteiger partial charge is 0.466 e. The number of thiazole rings is 1. The molecule has 0 aliphatic rings. The molecule has 0 bridgehead atoms. The van der Waals surface area contributed by atoms with Crippen LogP contribution in [0.3, 0.4) is 0 Å². The highest BCUT2D eigenvalue weighted by atomic mass is 32.2. The first kappa shape index (κ1) is 15.5. The zero-order valence-corrected chi connectivity index (χ0v) is 12.7. The molecule has 3 nitrogen and oxygen atoms in total. The van der Waals surface area contributed by atoms with Gasteiger partial charge in [0.25, 0.3) is 0 Å². The number of ether oxygens (including phenoxy) is 1. The molecular formula is C13H21NO2S2. The van der Waals surface area contributed by atoms with Crippen molar-refractivity contribution in [3.05, 3.63) is 11.1 Å². The third-order valence-electron chi connectivity index (χ3n) is 2.40. The molecule has 0 unspecified atom stereocenters. The van der Waals surface area contributed by atoms with Crippen LogP contribution in [0.25, 0.3) is 0 Å². The summed E-state index contributed by atoms with van der Waals surface area (Å²) >= 11 is 3.55. The third-order valence-corrected chi connectivity index (χ3v) is 4.63. The fourth-order valence-corrected chi connectivity index (χ4v) is 3.44.